The Morgan fingerprint density at radius 2 is 1.76 bits per heavy atom. The summed E-state index contributed by atoms with van der Waals surface area (Å²) in [6, 6.07) is 16.7. The number of hydrogen-bond acceptors (Lipinski definition) is 8. The first-order valence-corrected chi connectivity index (χ1v) is 14.6. The number of aryl methyl sites for hydroxylation is 1. The normalized spacial score (nSPS) is 11.0. The zero-order valence-electron chi connectivity index (χ0n) is 25.9. The Hall–Kier alpha value is -3.79. The Morgan fingerprint density at radius 1 is 1.00 bits per heavy atom. The summed E-state index contributed by atoms with van der Waals surface area (Å²) in [5.41, 5.74) is 0.246. The molecule has 14 heteroatoms. The summed E-state index contributed by atoms with van der Waals surface area (Å²) in [6.07, 6.45) is 0.594. The Kier molecular flexibility index (Phi) is 10.1. The minimum atomic E-state index is -0.803. The number of nitrogens with zero attached hydrogens (tertiary/aromatic N) is 3. The van der Waals surface area contributed by atoms with Gasteiger partial charge >= 0.3 is 62.8 Å². The van der Waals surface area contributed by atoms with Gasteiger partial charge in [-0.3, -0.25) is 28.2 Å². The fourth-order valence-electron chi connectivity index (χ4n) is 5.08. The van der Waals surface area contributed by atoms with Gasteiger partial charge in [-0.25, -0.2) is 18.4 Å². The molecule has 0 aliphatic rings. The summed E-state index contributed by atoms with van der Waals surface area (Å²) in [5, 5.41) is 3.95. The van der Waals surface area contributed by atoms with Crippen molar-refractivity contribution in [2.24, 2.45) is 0 Å². The van der Waals surface area contributed by atoms with E-state index in [9.17, 15) is 23.6 Å². The molecule has 10 nitrogen and oxygen atoms in total. The van der Waals surface area contributed by atoms with Crippen molar-refractivity contribution in [3.8, 4) is 28.3 Å². The van der Waals surface area contributed by atoms with Crippen molar-refractivity contribution in [1.82, 2.24) is 19.3 Å². The molecular formula is C32H25F2KN4O6S. The Morgan fingerprint density at radius 3 is 2.41 bits per heavy atom. The van der Waals surface area contributed by atoms with E-state index in [0.29, 0.717) is 27.9 Å². The smallest absolute Gasteiger partial charge is 1.00 e. The third-order valence-corrected chi connectivity index (χ3v) is 8.69. The number of carbonyl (C=O) groups excluding carboxylic acids is 1. The van der Waals surface area contributed by atoms with Crippen LogP contribution in [0.4, 0.5) is 8.78 Å². The van der Waals surface area contributed by atoms with Crippen LogP contribution in [-0.2, 0) is 19.5 Å². The van der Waals surface area contributed by atoms with Gasteiger partial charge in [-0.15, -0.1) is 11.3 Å². The minimum absolute atomic E-state index is 0. The van der Waals surface area contributed by atoms with Crippen molar-refractivity contribution >= 4 is 27.3 Å². The average molecular weight is 671 g/mol. The number of carbonyl (C=O) groups is 1. The predicted molar refractivity (Wildman–Crippen MR) is 165 cm³/mol. The molecule has 0 radical (unpaired) electrons. The van der Waals surface area contributed by atoms with Crippen LogP contribution < -0.4 is 73.1 Å². The zero-order valence-corrected chi connectivity index (χ0v) is 28.9. The number of Topliss-reactive ketones (excluding diaryl/α,β-unsaturated/α-hetero) is 1. The molecule has 0 bridgehead atoms. The van der Waals surface area contributed by atoms with Gasteiger partial charge in [0.1, 0.15) is 10.6 Å². The van der Waals surface area contributed by atoms with Gasteiger partial charge in [0, 0.05) is 21.6 Å². The van der Waals surface area contributed by atoms with E-state index in [-0.39, 0.29) is 87.4 Å². The molecule has 1 N–H and O–H groups in total. The maximum Gasteiger partial charge on any atom is 1.00 e. The van der Waals surface area contributed by atoms with Crippen LogP contribution in [0.5, 0.6) is 5.75 Å². The number of ketones is 1. The SMILES string of the molecule is CCc1cc2c(=O)n(CC(=O)c3ccc(OC)c(F)c3)c(=O)n(Cc3ccc(-c4ccccc4-c4noc(=O)[nH]4)cc3F)c2s1.[H-].[K+]. The Bertz CT molecular complexity index is 2290. The van der Waals surface area contributed by atoms with Gasteiger partial charge in [-0.1, -0.05) is 48.5 Å². The van der Waals surface area contributed by atoms with E-state index in [1.807, 2.05) is 6.92 Å². The molecule has 3 aromatic heterocycles. The van der Waals surface area contributed by atoms with Crippen molar-refractivity contribution < 1.29 is 75.6 Å². The first kappa shape index (κ1) is 33.6. The van der Waals surface area contributed by atoms with E-state index in [0.717, 1.165) is 15.5 Å². The number of nitrogens with one attached hydrogen (secondary N) is 1. The topological polar surface area (TPSA) is 129 Å². The van der Waals surface area contributed by atoms with E-state index < -0.39 is 41.0 Å². The number of methoxy groups -OCH3 is 1. The van der Waals surface area contributed by atoms with E-state index in [1.54, 1.807) is 36.4 Å². The summed E-state index contributed by atoms with van der Waals surface area (Å²) in [6.45, 7) is 1.03. The van der Waals surface area contributed by atoms with Gasteiger partial charge < -0.3 is 6.16 Å². The molecule has 0 fully saturated rings. The zero-order chi connectivity index (χ0) is 31.8. The van der Waals surface area contributed by atoms with Gasteiger partial charge in [-0.2, -0.15) is 0 Å². The molecule has 6 aromatic rings. The summed E-state index contributed by atoms with van der Waals surface area (Å²) in [5.74, 6) is -2.63. The standard InChI is InChI=1S/C32H24F2N4O6S.K.H/c1-3-20-14-23-29(40)37(16-26(39)18-10-11-27(43-2)25(34)13-18)32(42)38(30(23)45-20)15-19-9-8-17(12-24(19)33)21-6-4-5-7-22(21)28-35-31(41)44-36-28;;/h4-14H,3,15-16H2,1-2H3,(H,35,36,41);;/q;+1;-1. The summed E-state index contributed by atoms with van der Waals surface area (Å²) in [4.78, 5) is 55.5. The average Bonchev–Trinajstić information content (AvgIpc) is 3.68. The van der Waals surface area contributed by atoms with Crippen molar-refractivity contribution in [2.75, 3.05) is 7.11 Å². The molecule has 0 amide bonds. The molecule has 0 unspecified atom stereocenters. The molecule has 3 heterocycles. The second-order valence-corrected chi connectivity index (χ2v) is 11.2. The monoisotopic (exact) mass is 670 g/mol. The maximum absolute atomic E-state index is 15.7. The van der Waals surface area contributed by atoms with E-state index in [4.69, 9.17) is 4.74 Å². The van der Waals surface area contributed by atoms with Crippen LogP contribution in [0.1, 0.15) is 29.1 Å². The third kappa shape index (κ3) is 6.41. The number of rotatable bonds is 9. The van der Waals surface area contributed by atoms with Gasteiger partial charge in [0.25, 0.3) is 5.56 Å². The number of halogens is 2. The fourth-order valence-corrected chi connectivity index (χ4v) is 6.16. The second-order valence-electron chi connectivity index (χ2n) is 10.1. The van der Waals surface area contributed by atoms with Crippen LogP contribution in [-0.4, -0.2) is 32.2 Å². The predicted octanol–water partition coefficient (Wildman–Crippen LogP) is 2.13. The molecule has 0 aliphatic carbocycles. The third-order valence-electron chi connectivity index (χ3n) is 7.38. The molecule has 0 atom stereocenters. The Labute approximate surface area is 307 Å². The maximum atomic E-state index is 15.7. The van der Waals surface area contributed by atoms with E-state index >= 15 is 4.39 Å². The quantitative estimate of drug-likeness (QED) is 0.184. The van der Waals surface area contributed by atoms with Crippen molar-refractivity contribution in [1.29, 1.82) is 0 Å². The first-order valence-electron chi connectivity index (χ1n) is 13.8. The van der Waals surface area contributed by atoms with Crippen LogP contribution >= 0.6 is 11.3 Å². The number of fused-ring (bicyclic) bond motifs is 1. The van der Waals surface area contributed by atoms with Gasteiger partial charge in [0.15, 0.2) is 23.2 Å². The van der Waals surface area contributed by atoms with Crippen molar-refractivity contribution in [3.63, 3.8) is 0 Å². The van der Waals surface area contributed by atoms with E-state index in [2.05, 4.69) is 14.7 Å². The number of thiophene rings is 1. The summed E-state index contributed by atoms with van der Waals surface area (Å²) in [7, 11) is 1.29. The molecule has 0 saturated heterocycles. The first-order chi connectivity index (χ1) is 21.7. The van der Waals surface area contributed by atoms with Crippen LogP contribution in [0.3, 0.4) is 0 Å². The summed E-state index contributed by atoms with van der Waals surface area (Å²) >= 11 is 1.24. The van der Waals surface area contributed by atoms with Crippen molar-refractivity contribution in [2.45, 2.75) is 26.4 Å². The number of aromatic amines is 1. The molecule has 230 valence electrons. The molecule has 3 aromatic carbocycles. The summed E-state index contributed by atoms with van der Waals surface area (Å²) < 4.78 is 41.6. The Balaban J connectivity index is 0.00000250. The van der Waals surface area contributed by atoms with Crippen LogP contribution in [0, 0.1) is 11.6 Å². The minimum Gasteiger partial charge on any atom is -1.00 e. The number of aromatic nitrogens is 4. The molecular weight excluding hydrogens is 646 g/mol. The van der Waals surface area contributed by atoms with Gasteiger partial charge in [-0.05, 0) is 47.9 Å². The van der Waals surface area contributed by atoms with Crippen molar-refractivity contribution in [3.05, 3.63) is 126 Å². The number of H-pyrrole nitrogens is 1. The molecule has 6 rings (SSSR count). The number of ether oxygens (including phenoxy) is 1. The number of benzene rings is 3. The molecule has 0 saturated carbocycles. The number of hydrogen-bond donors (Lipinski definition) is 1. The van der Waals surface area contributed by atoms with Gasteiger partial charge in [0.2, 0.25) is 0 Å². The van der Waals surface area contributed by atoms with Crippen LogP contribution in [0.2, 0.25) is 0 Å². The molecule has 46 heavy (non-hydrogen) atoms. The molecule has 0 spiro atoms. The largest absolute Gasteiger partial charge is 1.00 e. The second kappa shape index (κ2) is 13.9. The van der Waals surface area contributed by atoms with Gasteiger partial charge in [0.05, 0.1) is 25.6 Å². The molecule has 0 aliphatic heterocycles. The van der Waals surface area contributed by atoms with Crippen LogP contribution in [0.15, 0.2) is 85.6 Å². The van der Waals surface area contributed by atoms with Crippen LogP contribution in [0.25, 0.3) is 32.7 Å². The van der Waals surface area contributed by atoms with E-state index in [1.165, 1.54) is 47.3 Å². The fraction of sp³-hybridized carbons (Fsp3) is 0.156.